The average Bonchev–Trinajstić information content (AvgIpc) is 3.17. The summed E-state index contributed by atoms with van der Waals surface area (Å²) in [6.07, 6.45) is -1.68. The Balaban J connectivity index is 1.50. The summed E-state index contributed by atoms with van der Waals surface area (Å²) in [5.74, 6) is -0.0837. The second kappa shape index (κ2) is 15.5. The predicted octanol–water partition coefficient (Wildman–Crippen LogP) is 8.65. The summed E-state index contributed by atoms with van der Waals surface area (Å²) in [5.41, 5.74) is 1.26. The minimum atomic E-state index is -3.78. The normalized spacial score (nSPS) is 13.0. The zero-order valence-electron chi connectivity index (χ0n) is 26.3. The number of ketones is 1. The first-order chi connectivity index (χ1) is 23.5. The number of rotatable bonds is 14. The van der Waals surface area contributed by atoms with Crippen LogP contribution in [0.1, 0.15) is 34.9 Å². The first-order valence-corrected chi connectivity index (χ1v) is 19.1. The highest BCUT2D eigenvalue weighted by Crippen LogP contribution is 2.54. The van der Waals surface area contributed by atoms with Gasteiger partial charge >= 0.3 is 0 Å². The van der Waals surface area contributed by atoms with Gasteiger partial charge in [0.25, 0.3) is 14.7 Å². The van der Waals surface area contributed by atoms with Crippen LogP contribution >= 0.6 is 14.7 Å². The van der Waals surface area contributed by atoms with Crippen molar-refractivity contribution >= 4 is 41.7 Å². The second-order valence-corrected chi connectivity index (χ2v) is 16.0. The molecule has 48 heavy (non-hydrogen) atoms. The second-order valence-electron chi connectivity index (χ2n) is 11.4. The van der Waals surface area contributed by atoms with E-state index < -0.39 is 26.9 Å². The minimum absolute atomic E-state index is 0.0837. The number of Topliss-reactive ketones (excluding diaryl/α,β-unsaturated/α-hetero) is 1. The third-order valence-electron chi connectivity index (χ3n) is 8.15. The van der Waals surface area contributed by atoms with E-state index in [4.69, 9.17) is 9.05 Å². The highest BCUT2D eigenvalue weighted by atomic mass is 31.2. The highest BCUT2D eigenvalue weighted by molar-refractivity contribution is 7.74. The molecule has 5 nitrogen and oxygen atoms in total. The molecule has 0 aliphatic rings. The van der Waals surface area contributed by atoms with Crippen LogP contribution in [-0.4, -0.2) is 11.9 Å². The third-order valence-corrected chi connectivity index (χ3v) is 13.2. The van der Waals surface area contributed by atoms with Crippen molar-refractivity contribution in [1.82, 2.24) is 0 Å². The molecule has 0 aliphatic heterocycles. The molecule has 0 fully saturated rings. The van der Waals surface area contributed by atoms with E-state index in [1.165, 1.54) is 0 Å². The van der Waals surface area contributed by atoms with Gasteiger partial charge in [-0.25, -0.2) is 0 Å². The van der Waals surface area contributed by atoms with E-state index in [1.54, 1.807) is 60.7 Å². The molecule has 2 atom stereocenters. The highest BCUT2D eigenvalue weighted by Gasteiger charge is 2.41. The van der Waals surface area contributed by atoms with Gasteiger partial charge in [-0.15, -0.1) is 0 Å². The zero-order valence-corrected chi connectivity index (χ0v) is 28.1. The Kier molecular flexibility index (Phi) is 10.8. The lowest BCUT2D eigenvalue weighted by atomic mass is 9.98. The number of carbonyl (C=O) groups is 1. The Bertz CT molecular complexity index is 1900. The van der Waals surface area contributed by atoms with Crippen molar-refractivity contribution in [3.05, 3.63) is 193 Å². The molecule has 0 aliphatic carbocycles. The molecule has 6 aromatic carbocycles. The molecule has 240 valence electrons. The van der Waals surface area contributed by atoms with Gasteiger partial charge in [0.2, 0.25) is 0 Å². The molecule has 0 radical (unpaired) electrons. The first-order valence-electron chi connectivity index (χ1n) is 15.9. The van der Waals surface area contributed by atoms with Gasteiger partial charge in [-0.05, 0) is 60.5 Å². The maximum Gasteiger partial charge on any atom is 0.261 e. The van der Waals surface area contributed by atoms with Crippen molar-refractivity contribution < 1.29 is 23.0 Å². The average molecular weight is 671 g/mol. The van der Waals surface area contributed by atoms with Crippen molar-refractivity contribution in [1.29, 1.82) is 0 Å². The van der Waals surface area contributed by atoms with Gasteiger partial charge in [-0.1, -0.05) is 133 Å². The van der Waals surface area contributed by atoms with Crippen molar-refractivity contribution in [2.24, 2.45) is 0 Å². The van der Waals surface area contributed by atoms with Crippen LogP contribution in [0.2, 0.25) is 0 Å². The van der Waals surface area contributed by atoms with E-state index in [0.29, 0.717) is 32.3 Å². The fourth-order valence-corrected chi connectivity index (χ4v) is 10.2. The van der Waals surface area contributed by atoms with Crippen LogP contribution in [0, 0.1) is 0 Å². The van der Waals surface area contributed by atoms with Crippen molar-refractivity contribution in [3.63, 3.8) is 0 Å². The summed E-state index contributed by atoms with van der Waals surface area (Å²) < 4.78 is 44.5. The monoisotopic (exact) mass is 670 g/mol. The fraction of sp³-hybridized carbons (Fsp3) is 0.0976. The minimum Gasteiger partial charge on any atom is -0.316 e. The van der Waals surface area contributed by atoms with Crippen LogP contribution in [0.25, 0.3) is 0 Å². The zero-order chi connectivity index (χ0) is 33.2. The van der Waals surface area contributed by atoms with E-state index in [1.807, 2.05) is 121 Å². The Hall–Kier alpha value is -4.63. The summed E-state index contributed by atoms with van der Waals surface area (Å²) >= 11 is 0. The van der Waals surface area contributed by atoms with E-state index >= 15 is 9.13 Å². The molecular weight excluding hydrogens is 634 g/mol. The standard InChI is InChI=1S/C41H36O5P2/c42-39(33-19-7-1-8-20-33)31-32-40(45-47(43,35-23-11-3-12-24-35)36-25-13-4-14-26-36)41(34-21-9-2-10-22-34)46-48(44,37-27-15-5-16-28-37)38-29-17-6-18-30-38/h1-30,40-41H,31-32H2/t40-,41-/m1/s1. The topological polar surface area (TPSA) is 69.7 Å². The molecule has 0 bridgehead atoms. The van der Waals surface area contributed by atoms with E-state index in [-0.39, 0.29) is 18.6 Å². The van der Waals surface area contributed by atoms with Crippen LogP contribution in [0.5, 0.6) is 0 Å². The lowest BCUT2D eigenvalue weighted by Crippen LogP contribution is -2.31. The summed E-state index contributed by atoms with van der Waals surface area (Å²) in [5, 5.41) is 2.06. The Labute approximate surface area is 282 Å². The first kappa shape index (κ1) is 33.3. The third kappa shape index (κ3) is 7.57. The molecule has 0 saturated heterocycles. The van der Waals surface area contributed by atoms with Gasteiger partial charge in [-0.2, -0.15) is 0 Å². The fourth-order valence-electron chi connectivity index (χ4n) is 5.68. The molecule has 6 rings (SSSR count). The smallest absolute Gasteiger partial charge is 0.261 e. The maximum atomic E-state index is 15.4. The van der Waals surface area contributed by atoms with Gasteiger partial charge in [0.15, 0.2) is 5.78 Å². The summed E-state index contributed by atoms with van der Waals surface area (Å²) in [7, 11) is -7.55. The van der Waals surface area contributed by atoms with E-state index in [0.717, 1.165) is 0 Å². The molecule has 7 heteroatoms. The van der Waals surface area contributed by atoms with Gasteiger partial charge in [0.05, 0.1) is 6.10 Å². The largest absolute Gasteiger partial charge is 0.316 e. The van der Waals surface area contributed by atoms with Crippen LogP contribution in [0.4, 0.5) is 0 Å². The lowest BCUT2D eigenvalue weighted by molar-refractivity contribution is 0.0539. The van der Waals surface area contributed by atoms with Gasteiger partial charge in [0, 0.05) is 33.2 Å². The summed E-state index contributed by atoms with van der Waals surface area (Å²) in [4.78, 5) is 13.5. The van der Waals surface area contributed by atoms with Gasteiger partial charge in [0.1, 0.15) is 6.10 Å². The van der Waals surface area contributed by atoms with Crippen LogP contribution in [0.3, 0.4) is 0 Å². The number of benzene rings is 6. The molecule has 0 amide bonds. The molecular formula is C41H36O5P2. The van der Waals surface area contributed by atoms with Crippen LogP contribution in [0.15, 0.2) is 182 Å². The van der Waals surface area contributed by atoms with Crippen molar-refractivity contribution in [2.75, 3.05) is 0 Å². The van der Waals surface area contributed by atoms with Gasteiger partial charge < -0.3 is 9.05 Å². The number of hydrogen-bond donors (Lipinski definition) is 0. The predicted molar refractivity (Wildman–Crippen MR) is 195 cm³/mol. The van der Waals surface area contributed by atoms with E-state index in [2.05, 4.69) is 0 Å². The van der Waals surface area contributed by atoms with Crippen LogP contribution in [-0.2, 0) is 18.2 Å². The molecule has 0 spiro atoms. The lowest BCUT2D eigenvalue weighted by Gasteiger charge is -2.34. The Morgan fingerprint density at radius 1 is 0.458 bits per heavy atom. The van der Waals surface area contributed by atoms with Crippen molar-refractivity contribution in [2.45, 2.75) is 25.0 Å². The maximum absolute atomic E-state index is 15.4. The number of hydrogen-bond acceptors (Lipinski definition) is 5. The molecule has 0 saturated carbocycles. The molecule has 0 N–H and O–H groups in total. The quantitative estimate of drug-likeness (QED) is 0.0858. The van der Waals surface area contributed by atoms with E-state index in [9.17, 15) is 4.79 Å². The molecule has 0 unspecified atom stereocenters. The van der Waals surface area contributed by atoms with Gasteiger partial charge in [-0.3, -0.25) is 13.9 Å². The Morgan fingerprint density at radius 3 is 1.19 bits per heavy atom. The molecule has 0 aromatic heterocycles. The van der Waals surface area contributed by atoms with Crippen molar-refractivity contribution in [3.8, 4) is 0 Å². The van der Waals surface area contributed by atoms with Crippen LogP contribution < -0.4 is 21.2 Å². The summed E-state index contributed by atoms with van der Waals surface area (Å²) in [6, 6.07) is 54.9. The number of carbonyl (C=O) groups excluding carboxylic acids is 1. The summed E-state index contributed by atoms with van der Waals surface area (Å²) in [6.45, 7) is 0. The molecule has 6 aromatic rings. The Morgan fingerprint density at radius 2 is 0.792 bits per heavy atom. The molecule has 0 heterocycles. The SMILES string of the molecule is O=C(CC[C@@H](OP(=O)(c1ccccc1)c1ccccc1)[C@H](OP(=O)(c1ccccc1)c1ccccc1)c1ccccc1)c1ccccc1.